The van der Waals surface area contributed by atoms with Crippen LogP contribution in [0.3, 0.4) is 0 Å². The van der Waals surface area contributed by atoms with E-state index in [0.717, 1.165) is 23.1 Å². The smallest absolute Gasteiger partial charge is 0.142 e. The monoisotopic (exact) mass is 302 g/mol. The molecule has 0 radical (unpaired) electrons. The molecule has 21 heavy (non-hydrogen) atoms. The third kappa shape index (κ3) is 3.66. The van der Waals surface area contributed by atoms with Crippen LogP contribution in [0.4, 0.5) is 0 Å². The fourth-order valence-electron chi connectivity index (χ4n) is 2.20. The molecule has 5 heteroatoms. The van der Waals surface area contributed by atoms with Crippen LogP contribution in [0.2, 0.25) is 0 Å². The van der Waals surface area contributed by atoms with Crippen molar-refractivity contribution in [1.29, 1.82) is 0 Å². The molecule has 1 fully saturated rings. The molecule has 2 heterocycles. The summed E-state index contributed by atoms with van der Waals surface area (Å²) in [5.74, 6) is 1.46. The molecule has 1 aliphatic rings. The lowest BCUT2D eigenvalue weighted by Gasteiger charge is -2.20. The van der Waals surface area contributed by atoms with E-state index in [-0.39, 0.29) is 5.54 Å². The Morgan fingerprint density at radius 3 is 2.67 bits per heavy atom. The molecule has 0 aliphatic heterocycles. The minimum absolute atomic E-state index is 0.122. The zero-order chi connectivity index (χ0) is 15.0. The van der Waals surface area contributed by atoms with Crippen molar-refractivity contribution in [1.82, 2.24) is 20.3 Å². The Morgan fingerprint density at radius 1 is 1.29 bits per heavy atom. The molecule has 0 bridgehead atoms. The molecule has 1 N–H and O–H groups in total. The summed E-state index contributed by atoms with van der Waals surface area (Å²) < 4.78 is 0. The summed E-state index contributed by atoms with van der Waals surface area (Å²) >= 11 is 1.77. The molecule has 1 saturated carbocycles. The Labute approximate surface area is 130 Å². The van der Waals surface area contributed by atoms with E-state index in [9.17, 15) is 0 Å². The fourth-order valence-corrected chi connectivity index (χ4v) is 3.25. The van der Waals surface area contributed by atoms with Crippen LogP contribution < -0.4 is 5.32 Å². The van der Waals surface area contributed by atoms with Gasteiger partial charge in [-0.2, -0.15) is 0 Å². The molecule has 0 unspecified atom stereocenters. The van der Waals surface area contributed by atoms with Crippen molar-refractivity contribution in [3.63, 3.8) is 0 Å². The van der Waals surface area contributed by atoms with E-state index in [1.54, 1.807) is 11.3 Å². The first-order valence-electron chi connectivity index (χ1n) is 7.47. The molecule has 0 saturated heterocycles. The maximum atomic E-state index is 4.87. The first-order chi connectivity index (χ1) is 9.92. The number of aromatic nitrogens is 3. The van der Waals surface area contributed by atoms with Gasteiger partial charge < -0.3 is 5.32 Å². The van der Waals surface area contributed by atoms with Crippen molar-refractivity contribution in [3.05, 3.63) is 28.7 Å². The van der Waals surface area contributed by atoms with Gasteiger partial charge in [0.2, 0.25) is 0 Å². The highest BCUT2D eigenvalue weighted by Gasteiger charge is 2.30. The highest BCUT2D eigenvalue weighted by molar-refractivity contribution is 7.15. The Morgan fingerprint density at radius 2 is 2.05 bits per heavy atom. The molecular weight excluding hydrogens is 280 g/mol. The number of aryl methyl sites for hydroxylation is 1. The molecule has 0 atom stereocenters. The van der Waals surface area contributed by atoms with Gasteiger partial charge in [-0.15, -0.1) is 11.3 Å². The van der Waals surface area contributed by atoms with E-state index in [1.165, 1.54) is 23.4 Å². The van der Waals surface area contributed by atoms with Crippen molar-refractivity contribution < 1.29 is 0 Å². The molecule has 4 nitrogen and oxygen atoms in total. The third-order valence-electron chi connectivity index (χ3n) is 3.47. The second-order valence-electron chi connectivity index (χ2n) is 6.69. The lowest BCUT2D eigenvalue weighted by Crippen LogP contribution is -2.35. The standard InChI is InChI=1S/C16H22N4S/c1-10-17-8-7-12(19-10)15-20-14(11-5-6-11)13(21-15)9-18-16(2,3)4/h7-8,11,18H,5-6,9H2,1-4H3. The van der Waals surface area contributed by atoms with Gasteiger partial charge in [-0.3, -0.25) is 0 Å². The number of rotatable bonds is 4. The third-order valence-corrected chi connectivity index (χ3v) is 4.56. The van der Waals surface area contributed by atoms with Gasteiger partial charge >= 0.3 is 0 Å². The van der Waals surface area contributed by atoms with E-state index >= 15 is 0 Å². The Balaban J connectivity index is 1.89. The normalized spacial score (nSPS) is 15.4. The second-order valence-corrected chi connectivity index (χ2v) is 7.78. The average molecular weight is 302 g/mol. The zero-order valence-corrected chi connectivity index (χ0v) is 13.9. The van der Waals surface area contributed by atoms with Crippen molar-refractivity contribution in [2.75, 3.05) is 0 Å². The fraction of sp³-hybridized carbons (Fsp3) is 0.562. The first-order valence-corrected chi connectivity index (χ1v) is 8.29. The molecule has 2 aromatic rings. The van der Waals surface area contributed by atoms with Crippen LogP contribution in [0.1, 0.15) is 55.9 Å². The largest absolute Gasteiger partial charge is 0.307 e. The summed E-state index contributed by atoms with van der Waals surface area (Å²) in [5, 5.41) is 4.60. The molecule has 0 amide bonds. The number of nitrogens with zero attached hydrogens (tertiary/aromatic N) is 3. The van der Waals surface area contributed by atoms with Gasteiger partial charge in [0.15, 0.2) is 0 Å². The van der Waals surface area contributed by atoms with Crippen molar-refractivity contribution in [3.8, 4) is 10.7 Å². The first kappa shape index (κ1) is 14.6. The molecule has 1 aliphatic carbocycles. The lowest BCUT2D eigenvalue weighted by atomic mass is 10.1. The summed E-state index contributed by atoms with van der Waals surface area (Å²) in [4.78, 5) is 14.9. The quantitative estimate of drug-likeness (QED) is 0.936. The minimum Gasteiger partial charge on any atom is -0.307 e. The molecule has 112 valence electrons. The number of nitrogens with one attached hydrogen (secondary N) is 1. The maximum Gasteiger partial charge on any atom is 0.142 e. The average Bonchev–Trinajstić information content (AvgIpc) is 3.15. The molecular formula is C16H22N4S. The second kappa shape index (κ2) is 5.46. The van der Waals surface area contributed by atoms with Gasteiger partial charge in [-0.25, -0.2) is 15.0 Å². The lowest BCUT2D eigenvalue weighted by molar-refractivity contribution is 0.425. The van der Waals surface area contributed by atoms with Crippen LogP contribution in [-0.4, -0.2) is 20.5 Å². The van der Waals surface area contributed by atoms with Gasteiger partial charge in [0.05, 0.1) is 5.69 Å². The minimum atomic E-state index is 0.122. The highest BCUT2D eigenvalue weighted by atomic mass is 32.1. The summed E-state index contributed by atoms with van der Waals surface area (Å²) in [6, 6.07) is 1.95. The van der Waals surface area contributed by atoms with E-state index in [0.29, 0.717) is 5.92 Å². The van der Waals surface area contributed by atoms with Crippen molar-refractivity contribution >= 4 is 11.3 Å². The molecule has 0 spiro atoms. The SMILES string of the molecule is Cc1nccc(-c2nc(C3CC3)c(CNC(C)(C)C)s2)n1. The van der Waals surface area contributed by atoms with Crippen LogP contribution >= 0.6 is 11.3 Å². The van der Waals surface area contributed by atoms with E-state index in [1.807, 2.05) is 19.2 Å². The van der Waals surface area contributed by atoms with Crippen LogP contribution in [0.15, 0.2) is 12.3 Å². The Kier molecular flexibility index (Phi) is 3.80. The van der Waals surface area contributed by atoms with E-state index in [2.05, 4.69) is 36.1 Å². The summed E-state index contributed by atoms with van der Waals surface area (Å²) in [6.07, 6.45) is 4.35. The van der Waals surface area contributed by atoms with Crippen LogP contribution in [0, 0.1) is 6.92 Å². The van der Waals surface area contributed by atoms with Gasteiger partial charge in [0.1, 0.15) is 16.5 Å². The Hall–Kier alpha value is -1.33. The highest BCUT2D eigenvalue weighted by Crippen LogP contribution is 2.44. The molecule has 2 aromatic heterocycles. The van der Waals surface area contributed by atoms with Gasteiger partial charge in [-0.1, -0.05) is 0 Å². The summed E-state index contributed by atoms with van der Waals surface area (Å²) in [7, 11) is 0. The van der Waals surface area contributed by atoms with Gasteiger partial charge in [0.25, 0.3) is 0 Å². The predicted molar refractivity (Wildman–Crippen MR) is 86.4 cm³/mol. The van der Waals surface area contributed by atoms with E-state index < -0.39 is 0 Å². The Bertz CT molecular complexity index is 638. The van der Waals surface area contributed by atoms with Crippen molar-refractivity contribution in [2.24, 2.45) is 0 Å². The van der Waals surface area contributed by atoms with Crippen molar-refractivity contribution in [2.45, 2.75) is 58.5 Å². The van der Waals surface area contributed by atoms with Crippen LogP contribution in [0.5, 0.6) is 0 Å². The predicted octanol–water partition coefficient (Wildman–Crippen LogP) is 3.67. The zero-order valence-electron chi connectivity index (χ0n) is 13.1. The summed E-state index contributed by atoms with van der Waals surface area (Å²) in [5.41, 5.74) is 2.34. The maximum absolute atomic E-state index is 4.87. The topological polar surface area (TPSA) is 50.7 Å². The number of hydrogen-bond donors (Lipinski definition) is 1. The number of thiazole rings is 1. The van der Waals surface area contributed by atoms with Crippen LogP contribution in [-0.2, 0) is 6.54 Å². The van der Waals surface area contributed by atoms with Gasteiger partial charge in [-0.05, 0) is 46.6 Å². The van der Waals surface area contributed by atoms with E-state index in [4.69, 9.17) is 4.98 Å². The molecule has 0 aromatic carbocycles. The number of hydrogen-bond acceptors (Lipinski definition) is 5. The van der Waals surface area contributed by atoms with Crippen LogP contribution in [0.25, 0.3) is 10.7 Å². The summed E-state index contributed by atoms with van der Waals surface area (Å²) in [6.45, 7) is 9.39. The molecule has 3 rings (SSSR count). The van der Waals surface area contributed by atoms with Gasteiger partial charge in [0, 0.05) is 29.1 Å².